The van der Waals surface area contributed by atoms with Gasteiger partial charge in [-0.05, 0) is 24.3 Å². The summed E-state index contributed by atoms with van der Waals surface area (Å²) in [6.07, 6.45) is 1.23. The molecule has 1 heterocycles. The van der Waals surface area contributed by atoms with Gasteiger partial charge in [0.25, 0.3) is 0 Å². The Labute approximate surface area is 101 Å². The first-order valence-corrected chi connectivity index (χ1v) is 6.69. The summed E-state index contributed by atoms with van der Waals surface area (Å²) in [6, 6.07) is 3.97. The van der Waals surface area contributed by atoms with Crippen molar-refractivity contribution >= 4 is 11.3 Å². The van der Waals surface area contributed by atoms with Crippen molar-refractivity contribution in [2.75, 3.05) is 6.61 Å². The van der Waals surface area contributed by atoms with Crippen LogP contribution < -0.4 is 5.32 Å². The quantitative estimate of drug-likeness (QED) is 0.686. The molecule has 3 N–H and O–H groups in total. The van der Waals surface area contributed by atoms with Gasteiger partial charge in [0.15, 0.2) is 0 Å². The fourth-order valence-electron chi connectivity index (χ4n) is 1.69. The molecule has 3 unspecified atom stereocenters. The van der Waals surface area contributed by atoms with Gasteiger partial charge in [-0.15, -0.1) is 11.3 Å². The van der Waals surface area contributed by atoms with Crippen LogP contribution in [0.3, 0.4) is 0 Å². The van der Waals surface area contributed by atoms with Crippen LogP contribution in [0.4, 0.5) is 0 Å². The van der Waals surface area contributed by atoms with Crippen LogP contribution in [0.1, 0.15) is 37.7 Å². The Balaban J connectivity index is 2.59. The van der Waals surface area contributed by atoms with Crippen molar-refractivity contribution in [3.05, 3.63) is 22.4 Å². The molecule has 0 radical (unpaired) electrons. The molecule has 92 valence electrons. The van der Waals surface area contributed by atoms with Crippen LogP contribution in [-0.2, 0) is 0 Å². The predicted octanol–water partition coefficient (Wildman–Crippen LogP) is 1.92. The minimum atomic E-state index is -0.481. The Kier molecular flexibility index (Phi) is 5.98. The van der Waals surface area contributed by atoms with E-state index in [4.69, 9.17) is 5.11 Å². The predicted molar refractivity (Wildman–Crippen MR) is 67.7 cm³/mol. The third-order valence-corrected chi connectivity index (χ3v) is 3.76. The normalized spacial score (nSPS) is 17.0. The molecule has 0 aliphatic carbocycles. The standard InChI is InChI=1S/C12H21NO2S/c1-3-9(8-14)13-10(4-2)12(15)11-6-5-7-16-11/h5-7,9-10,12-15H,3-4,8H2,1-2H3. The third-order valence-electron chi connectivity index (χ3n) is 2.82. The van der Waals surface area contributed by atoms with Crippen molar-refractivity contribution < 1.29 is 10.2 Å². The van der Waals surface area contributed by atoms with E-state index in [9.17, 15) is 5.11 Å². The molecule has 0 aliphatic rings. The molecular formula is C12H21NO2S. The lowest BCUT2D eigenvalue weighted by molar-refractivity contribution is 0.111. The van der Waals surface area contributed by atoms with Gasteiger partial charge in [0.2, 0.25) is 0 Å². The maximum absolute atomic E-state index is 10.2. The highest BCUT2D eigenvalue weighted by Crippen LogP contribution is 2.23. The number of aliphatic hydroxyl groups excluding tert-OH is 2. The smallest absolute Gasteiger partial charge is 0.103 e. The minimum absolute atomic E-state index is 0.00995. The number of hydrogen-bond acceptors (Lipinski definition) is 4. The lowest BCUT2D eigenvalue weighted by Crippen LogP contribution is -2.43. The van der Waals surface area contributed by atoms with E-state index in [1.807, 2.05) is 31.4 Å². The van der Waals surface area contributed by atoms with Crippen LogP contribution in [-0.4, -0.2) is 28.9 Å². The van der Waals surface area contributed by atoms with E-state index >= 15 is 0 Å². The van der Waals surface area contributed by atoms with Gasteiger partial charge < -0.3 is 15.5 Å². The molecule has 0 aromatic carbocycles. The molecule has 1 aromatic heterocycles. The van der Waals surface area contributed by atoms with Gasteiger partial charge in [0, 0.05) is 17.0 Å². The second-order valence-corrected chi connectivity index (χ2v) is 4.91. The fourth-order valence-corrected chi connectivity index (χ4v) is 2.47. The largest absolute Gasteiger partial charge is 0.395 e. The van der Waals surface area contributed by atoms with Gasteiger partial charge in [-0.25, -0.2) is 0 Å². The van der Waals surface area contributed by atoms with Crippen LogP contribution in [0.2, 0.25) is 0 Å². The van der Waals surface area contributed by atoms with E-state index in [1.165, 1.54) is 0 Å². The number of aliphatic hydroxyl groups is 2. The summed E-state index contributed by atoms with van der Waals surface area (Å²) in [5.74, 6) is 0. The first kappa shape index (κ1) is 13.6. The summed E-state index contributed by atoms with van der Waals surface area (Å²) in [7, 11) is 0. The van der Waals surface area contributed by atoms with E-state index < -0.39 is 6.10 Å². The van der Waals surface area contributed by atoms with E-state index in [0.29, 0.717) is 0 Å². The number of hydrogen-bond donors (Lipinski definition) is 3. The lowest BCUT2D eigenvalue weighted by Gasteiger charge is -2.26. The highest BCUT2D eigenvalue weighted by atomic mass is 32.1. The lowest BCUT2D eigenvalue weighted by atomic mass is 10.0. The fraction of sp³-hybridized carbons (Fsp3) is 0.667. The van der Waals surface area contributed by atoms with Crippen molar-refractivity contribution in [3.8, 4) is 0 Å². The van der Waals surface area contributed by atoms with Gasteiger partial charge in [-0.1, -0.05) is 19.9 Å². The highest BCUT2D eigenvalue weighted by molar-refractivity contribution is 7.10. The molecule has 0 bridgehead atoms. The molecule has 0 amide bonds. The molecule has 3 nitrogen and oxygen atoms in total. The van der Waals surface area contributed by atoms with E-state index in [2.05, 4.69) is 5.32 Å². The molecule has 16 heavy (non-hydrogen) atoms. The zero-order chi connectivity index (χ0) is 12.0. The summed E-state index contributed by atoms with van der Waals surface area (Å²) in [5.41, 5.74) is 0. The molecule has 0 fully saturated rings. The monoisotopic (exact) mass is 243 g/mol. The van der Waals surface area contributed by atoms with E-state index in [0.717, 1.165) is 17.7 Å². The zero-order valence-electron chi connectivity index (χ0n) is 9.89. The highest BCUT2D eigenvalue weighted by Gasteiger charge is 2.21. The topological polar surface area (TPSA) is 52.5 Å². The molecule has 0 saturated heterocycles. The Bertz CT molecular complexity index is 273. The average Bonchev–Trinajstić information content (AvgIpc) is 2.83. The Morgan fingerprint density at radius 2 is 2.12 bits per heavy atom. The molecule has 0 spiro atoms. The minimum Gasteiger partial charge on any atom is -0.395 e. The first-order chi connectivity index (χ1) is 7.72. The molecular weight excluding hydrogens is 222 g/mol. The van der Waals surface area contributed by atoms with Gasteiger partial charge in [-0.2, -0.15) is 0 Å². The van der Waals surface area contributed by atoms with E-state index in [-0.39, 0.29) is 18.7 Å². The van der Waals surface area contributed by atoms with Crippen molar-refractivity contribution in [2.45, 2.75) is 44.9 Å². The maximum atomic E-state index is 10.2. The van der Waals surface area contributed by atoms with Crippen LogP contribution in [0.5, 0.6) is 0 Å². The second kappa shape index (κ2) is 7.01. The van der Waals surface area contributed by atoms with Crippen LogP contribution in [0.15, 0.2) is 17.5 Å². The average molecular weight is 243 g/mol. The summed E-state index contributed by atoms with van der Waals surface area (Å²) >= 11 is 1.56. The summed E-state index contributed by atoms with van der Waals surface area (Å²) in [4.78, 5) is 0.979. The Morgan fingerprint density at radius 1 is 1.38 bits per heavy atom. The summed E-state index contributed by atoms with van der Waals surface area (Å²) < 4.78 is 0. The number of nitrogens with one attached hydrogen (secondary N) is 1. The van der Waals surface area contributed by atoms with Gasteiger partial charge in [0.05, 0.1) is 6.61 Å². The Hall–Kier alpha value is -0.420. The molecule has 1 aromatic rings. The SMILES string of the molecule is CCC(CO)NC(CC)C(O)c1cccs1. The van der Waals surface area contributed by atoms with Crippen molar-refractivity contribution in [1.82, 2.24) is 5.32 Å². The maximum Gasteiger partial charge on any atom is 0.103 e. The second-order valence-electron chi connectivity index (χ2n) is 3.93. The molecule has 1 rings (SSSR count). The van der Waals surface area contributed by atoms with Crippen LogP contribution in [0.25, 0.3) is 0 Å². The third kappa shape index (κ3) is 3.56. The molecule has 0 aliphatic heterocycles. The number of rotatable bonds is 7. The van der Waals surface area contributed by atoms with Gasteiger partial charge in [-0.3, -0.25) is 0 Å². The number of thiophene rings is 1. The first-order valence-electron chi connectivity index (χ1n) is 5.81. The van der Waals surface area contributed by atoms with Crippen LogP contribution in [0, 0.1) is 0 Å². The summed E-state index contributed by atoms with van der Waals surface area (Å²) in [5, 5.41) is 24.6. The van der Waals surface area contributed by atoms with Crippen molar-refractivity contribution in [3.63, 3.8) is 0 Å². The van der Waals surface area contributed by atoms with E-state index in [1.54, 1.807) is 11.3 Å². The van der Waals surface area contributed by atoms with Gasteiger partial charge >= 0.3 is 0 Å². The van der Waals surface area contributed by atoms with Crippen molar-refractivity contribution in [2.24, 2.45) is 0 Å². The summed E-state index contributed by atoms with van der Waals surface area (Å²) in [6.45, 7) is 4.18. The zero-order valence-corrected chi connectivity index (χ0v) is 10.7. The Morgan fingerprint density at radius 3 is 2.56 bits per heavy atom. The van der Waals surface area contributed by atoms with Crippen molar-refractivity contribution in [1.29, 1.82) is 0 Å². The van der Waals surface area contributed by atoms with Gasteiger partial charge in [0.1, 0.15) is 6.10 Å². The van der Waals surface area contributed by atoms with Crippen LogP contribution >= 0.6 is 11.3 Å². The molecule has 3 atom stereocenters. The molecule has 4 heteroatoms. The molecule has 0 saturated carbocycles.